The van der Waals surface area contributed by atoms with E-state index in [-0.39, 0.29) is 5.82 Å². The van der Waals surface area contributed by atoms with E-state index in [1.54, 1.807) is 6.07 Å². The van der Waals surface area contributed by atoms with E-state index < -0.39 is 6.04 Å². The van der Waals surface area contributed by atoms with E-state index in [0.717, 1.165) is 33.5 Å². The zero-order valence-corrected chi connectivity index (χ0v) is 20.6. The summed E-state index contributed by atoms with van der Waals surface area (Å²) >= 11 is 5.77. The second-order valence-corrected chi connectivity index (χ2v) is 9.13. The first kappa shape index (κ1) is 22.9. The molecule has 1 aliphatic rings. The predicted octanol–water partition coefficient (Wildman–Crippen LogP) is 6.36. The number of hydrogen-bond donors (Lipinski definition) is 1. The molecule has 0 bridgehead atoms. The van der Waals surface area contributed by atoms with Gasteiger partial charge in [0, 0.05) is 11.3 Å². The van der Waals surface area contributed by atoms with Crippen LogP contribution in [0.1, 0.15) is 41.1 Å². The van der Waals surface area contributed by atoms with Crippen molar-refractivity contribution < 1.29 is 8.91 Å². The van der Waals surface area contributed by atoms with Gasteiger partial charge in [0.15, 0.2) is 5.11 Å². The van der Waals surface area contributed by atoms with Crippen LogP contribution in [0.3, 0.4) is 0 Å². The van der Waals surface area contributed by atoms with E-state index in [4.69, 9.17) is 21.7 Å². The molecule has 0 fully saturated rings. The molecule has 0 aliphatic carbocycles. The molecule has 0 amide bonds. The number of thiocarbonyl (C=S) groups is 1. The lowest BCUT2D eigenvalue weighted by atomic mass is 9.94. The topological polar surface area (TPSA) is 54.2 Å². The third kappa shape index (κ3) is 4.59. The number of aromatic nitrogens is 2. The van der Waals surface area contributed by atoms with E-state index >= 15 is 0 Å². The molecule has 1 atom stereocenters. The van der Waals surface area contributed by atoms with Crippen molar-refractivity contribution in [3.8, 4) is 11.4 Å². The highest BCUT2D eigenvalue weighted by atomic mass is 32.1. The number of benzene rings is 3. The Hall–Kier alpha value is -3.84. The minimum Gasteiger partial charge on any atom is -0.351 e. The van der Waals surface area contributed by atoms with Gasteiger partial charge in [-0.1, -0.05) is 71.4 Å². The van der Waals surface area contributed by atoms with E-state index in [1.165, 1.54) is 17.7 Å². The molecule has 0 saturated carbocycles. The summed E-state index contributed by atoms with van der Waals surface area (Å²) in [5.74, 6) is 0.550. The van der Waals surface area contributed by atoms with Crippen molar-refractivity contribution in [2.45, 2.75) is 33.4 Å². The van der Waals surface area contributed by atoms with E-state index in [2.05, 4.69) is 29.5 Å². The summed E-state index contributed by atoms with van der Waals surface area (Å²) in [4.78, 5) is 6.75. The van der Waals surface area contributed by atoms with Crippen molar-refractivity contribution in [3.05, 3.63) is 112 Å². The van der Waals surface area contributed by atoms with Gasteiger partial charge in [-0.25, -0.2) is 4.39 Å². The molecule has 5 nitrogen and oxygen atoms in total. The second-order valence-electron chi connectivity index (χ2n) is 8.74. The van der Waals surface area contributed by atoms with Crippen LogP contribution in [0.4, 0.5) is 4.39 Å². The highest BCUT2D eigenvalue weighted by Crippen LogP contribution is 2.38. The number of hydrogen-bond acceptors (Lipinski definition) is 4. The van der Waals surface area contributed by atoms with Gasteiger partial charge in [-0.2, -0.15) is 4.98 Å². The first-order chi connectivity index (χ1) is 16.9. The van der Waals surface area contributed by atoms with Crippen LogP contribution in [0.15, 0.2) is 83.0 Å². The monoisotopic (exact) mass is 484 g/mol. The fourth-order valence-electron chi connectivity index (χ4n) is 4.30. The normalized spacial score (nSPS) is 15.9. The van der Waals surface area contributed by atoms with Crippen LogP contribution in [0.5, 0.6) is 0 Å². The number of rotatable bonds is 5. The SMILES string of the molecule is CC1=C(c2nc(-c3ccc(C)cc3)no2)C(c2cccc(F)c2)NC(=S)N1Cc1ccccc1C. The molecule has 176 valence electrons. The molecular weight excluding hydrogens is 459 g/mol. The minimum absolute atomic E-state index is 0.319. The van der Waals surface area contributed by atoms with E-state index in [0.29, 0.717) is 23.4 Å². The number of allylic oxidation sites excluding steroid dienone is 1. The molecule has 4 aromatic rings. The molecule has 0 spiro atoms. The van der Waals surface area contributed by atoms with Gasteiger partial charge in [0.05, 0.1) is 18.2 Å². The minimum atomic E-state index is -0.433. The number of nitrogens with one attached hydrogen (secondary N) is 1. The summed E-state index contributed by atoms with van der Waals surface area (Å²) in [6.07, 6.45) is 0. The van der Waals surface area contributed by atoms with Crippen LogP contribution < -0.4 is 5.32 Å². The van der Waals surface area contributed by atoms with Crippen molar-refractivity contribution in [2.75, 3.05) is 0 Å². The first-order valence-electron chi connectivity index (χ1n) is 11.4. The first-order valence-corrected chi connectivity index (χ1v) is 11.8. The molecule has 35 heavy (non-hydrogen) atoms. The van der Waals surface area contributed by atoms with Gasteiger partial charge in [0.1, 0.15) is 5.82 Å². The summed E-state index contributed by atoms with van der Waals surface area (Å²) in [5.41, 5.74) is 6.73. The molecule has 2 heterocycles. The number of aryl methyl sites for hydroxylation is 2. The zero-order chi connectivity index (χ0) is 24.5. The highest BCUT2D eigenvalue weighted by Gasteiger charge is 2.34. The Balaban J connectivity index is 1.61. The molecule has 1 aromatic heterocycles. The molecule has 3 aromatic carbocycles. The third-order valence-corrected chi connectivity index (χ3v) is 6.67. The fourth-order valence-corrected chi connectivity index (χ4v) is 4.61. The summed E-state index contributed by atoms with van der Waals surface area (Å²) in [6, 6.07) is 22.2. The quantitative estimate of drug-likeness (QED) is 0.333. The van der Waals surface area contributed by atoms with Gasteiger partial charge in [-0.05, 0) is 61.8 Å². The molecule has 0 radical (unpaired) electrons. The highest BCUT2D eigenvalue weighted by molar-refractivity contribution is 7.80. The van der Waals surface area contributed by atoms with Gasteiger partial charge >= 0.3 is 0 Å². The Morgan fingerprint density at radius 3 is 2.51 bits per heavy atom. The van der Waals surface area contributed by atoms with Crippen LogP contribution in [0, 0.1) is 19.7 Å². The Morgan fingerprint density at radius 2 is 1.77 bits per heavy atom. The molecule has 1 aliphatic heterocycles. The van der Waals surface area contributed by atoms with Gasteiger partial charge in [0.2, 0.25) is 5.82 Å². The van der Waals surface area contributed by atoms with Crippen molar-refractivity contribution in [2.24, 2.45) is 0 Å². The maximum absolute atomic E-state index is 14.2. The van der Waals surface area contributed by atoms with Crippen LogP contribution in [0.2, 0.25) is 0 Å². The Labute approximate surface area is 209 Å². The Morgan fingerprint density at radius 1 is 1.00 bits per heavy atom. The van der Waals surface area contributed by atoms with Gasteiger partial charge in [-0.15, -0.1) is 0 Å². The van der Waals surface area contributed by atoms with Crippen LogP contribution >= 0.6 is 12.2 Å². The lowest BCUT2D eigenvalue weighted by Gasteiger charge is -2.37. The molecule has 5 rings (SSSR count). The lowest BCUT2D eigenvalue weighted by Crippen LogP contribution is -2.45. The lowest BCUT2D eigenvalue weighted by molar-refractivity contribution is 0.396. The number of halogens is 1. The van der Waals surface area contributed by atoms with Crippen molar-refractivity contribution in [1.29, 1.82) is 0 Å². The molecule has 1 unspecified atom stereocenters. The Bertz CT molecular complexity index is 1430. The molecule has 1 N–H and O–H groups in total. The van der Waals surface area contributed by atoms with Crippen LogP contribution in [-0.4, -0.2) is 20.2 Å². The van der Waals surface area contributed by atoms with Gasteiger partial charge in [0.25, 0.3) is 5.89 Å². The standard InChI is InChI=1S/C28H25FN4OS/c1-17-11-13-20(14-12-17)26-31-27(34-32-26)24-19(3)33(16-22-8-5-4-7-18(22)2)28(35)30-25(24)21-9-6-10-23(29)15-21/h4-15,25H,16H2,1-3H3,(H,30,35). The summed E-state index contributed by atoms with van der Waals surface area (Å²) < 4.78 is 20.0. The van der Waals surface area contributed by atoms with Crippen LogP contribution in [-0.2, 0) is 6.54 Å². The smallest absolute Gasteiger partial charge is 0.258 e. The summed E-state index contributed by atoms with van der Waals surface area (Å²) in [6.45, 7) is 6.69. The maximum atomic E-state index is 14.2. The largest absolute Gasteiger partial charge is 0.351 e. The van der Waals surface area contributed by atoms with Crippen molar-refractivity contribution >= 4 is 22.9 Å². The summed E-state index contributed by atoms with van der Waals surface area (Å²) in [5, 5.41) is 8.19. The molecule has 7 heteroatoms. The maximum Gasteiger partial charge on any atom is 0.258 e. The zero-order valence-electron chi connectivity index (χ0n) is 19.7. The van der Waals surface area contributed by atoms with Gasteiger partial charge < -0.3 is 14.7 Å². The average molecular weight is 485 g/mol. The van der Waals surface area contributed by atoms with Gasteiger partial charge in [-0.3, -0.25) is 0 Å². The molecular formula is C28H25FN4OS. The number of nitrogens with zero attached hydrogens (tertiary/aromatic N) is 3. The fraction of sp³-hybridized carbons (Fsp3) is 0.179. The predicted molar refractivity (Wildman–Crippen MR) is 139 cm³/mol. The Kier molecular flexibility index (Phi) is 6.17. The second kappa shape index (κ2) is 9.43. The molecule has 0 saturated heterocycles. The third-order valence-electron chi connectivity index (χ3n) is 6.33. The average Bonchev–Trinajstić information content (AvgIpc) is 3.32. The van der Waals surface area contributed by atoms with E-state index in [9.17, 15) is 4.39 Å². The van der Waals surface area contributed by atoms with Crippen molar-refractivity contribution in [1.82, 2.24) is 20.4 Å². The van der Waals surface area contributed by atoms with Crippen molar-refractivity contribution in [3.63, 3.8) is 0 Å². The van der Waals surface area contributed by atoms with E-state index in [1.807, 2.05) is 61.2 Å². The summed E-state index contributed by atoms with van der Waals surface area (Å²) in [7, 11) is 0. The van der Waals surface area contributed by atoms with Crippen LogP contribution in [0.25, 0.3) is 17.0 Å².